The van der Waals surface area contributed by atoms with Crippen molar-refractivity contribution >= 4 is 28.4 Å². The molecule has 3 rings (SSSR count). The molecule has 1 amide bonds. The third-order valence-corrected chi connectivity index (χ3v) is 4.05. The number of fused-ring (bicyclic) bond motifs is 1. The number of carbonyl (C=O) groups is 1. The van der Waals surface area contributed by atoms with E-state index >= 15 is 0 Å². The van der Waals surface area contributed by atoms with Gasteiger partial charge in [-0.1, -0.05) is 12.1 Å². The molecule has 24 heavy (non-hydrogen) atoms. The summed E-state index contributed by atoms with van der Waals surface area (Å²) in [5.74, 6) is 0.920. The molecule has 0 atom stereocenters. The molecule has 0 aliphatic carbocycles. The van der Waals surface area contributed by atoms with Gasteiger partial charge < -0.3 is 20.3 Å². The summed E-state index contributed by atoms with van der Waals surface area (Å²) in [5, 5.41) is 2.06. The van der Waals surface area contributed by atoms with Gasteiger partial charge in [0, 0.05) is 48.8 Å². The summed E-state index contributed by atoms with van der Waals surface area (Å²) in [6.07, 6.45) is 1.53. The molecule has 0 unspecified atom stereocenters. The monoisotopic (exact) mass is 328 g/mol. The van der Waals surface area contributed by atoms with Gasteiger partial charge in [-0.25, -0.2) is 9.78 Å². The lowest BCUT2D eigenvalue weighted by atomic mass is 10.1. The Bertz CT molecular complexity index is 746. The van der Waals surface area contributed by atoms with Crippen LogP contribution in [0.5, 0.6) is 0 Å². The van der Waals surface area contributed by atoms with E-state index in [0.717, 1.165) is 35.4 Å². The maximum atomic E-state index is 12.2. The van der Waals surface area contributed by atoms with E-state index in [9.17, 15) is 4.79 Å². The second kappa shape index (κ2) is 6.19. The first-order valence-corrected chi connectivity index (χ1v) is 8.21. The van der Waals surface area contributed by atoms with Crippen molar-refractivity contribution in [1.29, 1.82) is 0 Å². The minimum absolute atomic E-state index is 0.253. The number of hydrogen-bond acceptors (Lipinski definition) is 5. The van der Waals surface area contributed by atoms with Crippen LogP contribution >= 0.6 is 0 Å². The Balaban J connectivity index is 1.74. The number of anilines is 2. The first-order valence-electron chi connectivity index (χ1n) is 8.21. The quantitative estimate of drug-likeness (QED) is 0.815. The minimum atomic E-state index is -0.469. The van der Waals surface area contributed by atoms with E-state index in [4.69, 9.17) is 10.5 Å². The maximum Gasteiger partial charge on any atom is 0.410 e. The largest absolute Gasteiger partial charge is 0.444 e. The van der Waals surface area contributed by atoms with E-state index in [1.165, 1.54) is 0 Å². The van der Waals surface area contributed by atoms with Gasteiger partial charge in [-0.05, 0) is 32.9 Å². The van der Waals surface area contributed by atoms with Crippen molar-refractivity contribution in [3.63, 3.8) is 0 Å². The van der Waals surface area contributed by atoms with Gasteiger partial charge in [-0.3, -0.25) is 0 Å². The molecule has 0 bridgehead atoms. The first kappa shape index (κ1) is 16.4. The van der Waals surface area contributed by atoms with Crippen molar-refractivity contribution in [1.82, 2.24) is 9.88 Å². The molecule has 2 aromatic rings. The number of piperazine rings is 1. The van der Waals surface area contributed by atoms with Crippen LogP contribution in [-0.2, 0) is 4.74 Å². The van der Waals surface area contributed by atoms with Crippen LogP contribution in [0.3, 0.4) is 0 Å². The van der Waals surface area contributed by atoms with E-state index < -0.39 is 5.60 Å². The molecule has 1 aliphatic rings. The fourth-order valence-electron chi connectivity index (χ4n) is 2.90. The van der Waals surface area contributed by atoms with Gasteiger partial charge in [0.1, 0.15) is 11.4 Å². The Hall–Kier alpha value is -2.50. The summed E-state index contributed by atoms with van der Waals surface area (Å²) in [6, 6.07) is 7.81. The SMILES string of the molecule is CC(C)(C)OC(=O)N1CCN(c2nccc3c(N)cccc23)CC1. The highest BCUT2D eigenvalue weighted by Gasteiger charge is 2.26. The summed E-state index contributed by atoms with van der Waals surface area (Å²) in [6.45, 7) is 8.33. The van der Waals surface area contributed by atoms with Crippen LogP contribution in [0.25, 0.3) is 10.8 Å². The van der Waals surface area contributed by atoms with E-state index in [2.05, 4.69) is 9.88 Å². The summed E-state index contributed by atoms with van der Waals surface area (Å²) in [7, 11) is 0. The Labute approximate surface area is 142 Å². The zero-order valence-electron chi connectivity index (χ0n) is 14.5. The Kier molecular flexibility index (Phi) is 4.22. The summed E-state index contributed by atoms with van der Waals surface area (Å²) in [4.78, 5) is 20.7. The van der Waals surface area contributed by atoms with Crippen LogP contribution in [-0.4, -0.2) is 47.8 Å². The molecule has 2 heterocycles. The van der Waals surface area contributed by atoms with Crippen LogP contribution in [0.4, 0.5) is 16.3 Å². The number of hydrogen-bond donors (Lipinski definition) is 1. The van der Waals surface area contributed by atoms with E-state index in [0.29, 0.717) is 13.1 Å². The predicted octanol–water partition coefficient (Wildman–Crippen LogP) is 2.87. The van der Waals surface area contributed by atoms with Gasteiger partial charge >= 0.3 is 6.09 Å². The molecule has 6 nitrogen and oxygen atoms in total. The average molecular weight is 328 g/mol. The van der Waals surface area contributed by atoms with Gasteiger partial charge in [0.2, 0.25) is 0 Å². The number of pyridine rings is 1. The zero-order chi connectivity index (χ0) is 17.3. The van der Waals surface area contributed by atoms with Gasteiger partial charge in [-0.2, -0.15) is 0 Å². The Morgan fingerprint density at radius 1 is 1.12 bits per heavy atom. The van der Waals surface area contributed by atoms with Crippen molar-refractivity contribution in [2.24, 2.45) is 0 Å². The lowest BCUT2D eigenvalue weighted by molar-refractivity contribution is 0.0240. The topological polar surface area (TPSA) is 71.7 Å². The average Bonchev–Trinajstić information content (AvgIpc) is 2.53. The molecule has 128 valence electrons. The first-order chi connectivity index (χ1) is 11.3. The molecule has 6 heteroatoms. The highest BCUT2D eigenvalue weighted by molar-refractivity contribution is 5.99. The number of nitrogen functional groups attached to an aromatic ring is 1. The van der Waals surface area contributed by atoms with Crippen LogP contribution in [0.2, 0.25) is 0 Å². The number of nitrogens with zero attached hydrogens (tertiary/aromatic N) is 3. The number of benzene rings is 1. The van der Waals surface area contributed by atoms with Crippen LogP contribution in [0, 0.1) is 0 Å². The van der Waals surface area contributed by atoms with Crippen LogP contribution < -0.4 is 10.6 Å². The highest BCUT2D eigenvalue weighted by atomic mass is 16.6. The standard InChI is InChI=1S/C18H24N4O2/c1-18(2,3)24-17(23)22-11-9-21(10-12-22)16-14-5-4-6-15(19)13(14)7-8-20-16/h4-8H,9-12,19H2,1-3H3. The number of aromatic nitrogens is 1. The molecule has 0 radical (unpaired) electrons. The third kappa shape index (κ3) is 3.37. The van der Waals surface area contributed by atoms with Gasteiger partial charge in [-0.15, -0.1) is 0 Å². The lowest BCUT2D eigenvalue weighted by Gasteiger charge is -2.36. The molecule has 2 N–H and O–H groups in total. The second-order valence-electron chi connectivity index (χ2n) is 7.03. The lowest BCUT2D eigenvalue weighted by Crippen LogP contribution is -2.50. The molecule has 1 aromatic carbocycles. The van der Waals surface area contributed by atoms with Gasteiger partial charge in [0.05, 0.1) is 0 Å². The molecule has 0 spiro atoms. The van der Waals surface area contributed by atoms with Crippen molar-refractivity contribution in [3.05, 3.63) is 30.5 Å². The molecule has 1 fully saturated rings. The Morgan fingerprint density at radius 3 is 2.50 bits per heavy atom. The van der Waals surface area contributed by atoms with Crippen LogP contribution in [0.1, 0.15) is 20.8 Å². The molecule has 1 aliphatic heterocycles. The minimum Gasteiger partial charge on any atom is -0.444 e. The highest BCUT2D eigenvalue weighted by Crippen LogP contribution is 2.28. The normalized spacial score (nSPS) is 15.6. The number of carbonyl (C=O) groups excluding carboxylic acids is 1. The van der Waals surface area contributed by atoms with Gasteiger partial charge in [0.15, 0.2) is 0 Å². The Morgan fingerprint density at radius 2 is 1.83 bits per heavy atom. The second-order valence-corrected chi connectivity index (χ2v) is 7.03. The fraction of sp³-hybridized carbons (Fsp3) is 0.444. The fourth-order valence-corrected chi connectivity index (χ4v) is 2.90. The predicted molar refractivity (Wildman–Crippen MR) is 96.2 cm³/mol. The third-order valence-electron chi connectivity index (χ3n) is 4.05. The van der Waals surface area contributed by atoms with Crippen molar-refractivity contribution < 1.29 is 9.53 Å². The van der Waals surface area contributed by atoms with Crippen LogP contribution in [0.15, 0.2) is 30.5 Å². The molecular formula is C18H24N4O2. The van der Waals surface area contributed by atoms with E-state index in [1.807, 2.05) is 45.0 Å². The van der Waals surface area contributed by atoms with Crippen molar-refractivity contribution in [2.45, 2.75) is 26.4 Å². The molecule has 0 saturated carbocycles. The maximum absolute atomic E-state index is 12.2. The zero-order valence-corrected chi connectivity index (χ0v) is 14.5. The summed E-state index contributed by atoms with van der Waals surface area (Å²) in [5.41, 5.74) is 6.34. The number of ether oxygens (including phenoxy) is 1. The number of amides is 1. The van der Waals surface area contributed by atoms with E-state index in [1.54, 1.807) is 11.1 Å². The van der Waals surface area contributed by atoms with E-state index in [-0.39, 0.29) is 6.09 Å². The van der Waals surface area contributed by atoms with Crippen molar-refractivity contribution in [2.75, 3.05) is 36.8 Å². The smallest absolute Gasteiger partial charge is 0.410 e. The number of nitrogens with two attached hydrogens (primary N) is 1. The van der Waals surface area contributed by atoms with Gasteiger partial charge in [0.25, 0.3) is 0 Å². The molecule has 1 saturated heterocycles. The molecular weight excluding hydrogens is 304 g/mol. The number of rotatable bonds is 1. The van der Waals surface area contributed by atoms with Crippen molar-refractivity contribution in [3.8, 4) is 0 Å². The summed E-state index contributed by atoms with van der Waals surface area (Å²) >= 11 is 0. The molecule has 1 aromatic heterocycles. The summed E-state index contributed by atoms with van der Waals surface area (Å²) < 4.78 is 5.44.